The van der Waals surface area contributed by atoms with Crippen LogP contribution < -0.4 is 0 Å². The normalized spacial score (nSPS) is 11.5. The van der Waals surface area contributed by atoms with Gasteiger partial charge in [0.2, 0.25) is 0 Å². The van der Waals surface area contributed by atoms with Gasteiger partial charge in [-0.1, -0.05) is 0 Å². The van der Waals surface area contributed by atoms with Gasteiger partial charge < -0.3 is 0 Å². The molecule has 0 spiro atoms. The Balaban J connectivity index is 2.58. The number of alkyl halides is 3. The number of ketones is 1. The number of carbonyl (C=O) groups is 1. The van der Waals surface area contributed by atoms with Crippen LogP contribution in [-0.2, 0) is 0 Å². The van der Waals surface area contributed by atoms with E-state index in [4.69, 9.17) is 0 Å². The lowest BCUT2D eigenvalue weighted by molar-refractivity contribution is -0.0327. The van der Waals surface area contributed by atoms with Crippen molar-refractivity contribution >= 4 is 17.5 Å². The zero-order valence-corrected chi connectivity index (χ0v) is 8.16. The third-order valence-electron chi connectivity index (χ3n) is 1.53. The lowest BCUT2D eigenvalue weighted by atomic mass is 10.1. The van der Waals surface area contributed by atoms with Crippen molar-refractivity contribution in [2.45, 2.75) is 5.51 Å². The molecule has 0 radical (unpaired) electrons. The van der Waals surface area contributed by atoms with Crippen LogP contribution in [0.15, 0.2) is 24.3 Å². The minimum absolute atomic E-state index is 0.0770. The number of benzene rings is 1. The summed E-state index contributed by atoms with van der Waals surface area (Å²) in [7, 11) is 0. The van der Waals surface area contributed by atoms with Gasteiger partial charge in [-0.2, -0.15) is 13.2 Å². The number of rotatable bonds is 3. The maximum atomic E-state index is 12.4. The summed E-state index contributed by atoms with van der Waals surface area (Å²) < 4.78 is 47.7. The summed E-state index contributed by atoms with van der Waals surface area (Å²) in [5, 5.41) is 0. The molecule has 0 aliphatic carbocycles. The standard InChI is InChI=1S/C9H6F4OS/c10-7-3-1-6(2-4-7)8(14)5-15-9(11,12)13/h1-4H,5H2. The Morgan fingerprint density at radius 1 is 1.20 bits per heavy atom. The van der Waals surface area contributed by atoms with Gasteiger partial charge in [0.1, 0.15) is 5.82 Å². The van der Waals surface area contributed by atoms with E-state index in [1.54, 1.807) is 0 Å². The van der Waals surface area contributed by atoms with Crippen molar-refractivity contribution in [1.29, 1.82) is 0 Å². The Bertz CT molecular complexity index is 344. The molecule has 0 amide bonds. The first kappa shape index (κ1) is 12.0. The molecule has 0 aliphatic heterocycles. The third kappa shape index (κ3) is 4.33. The van der Waals surface area contributed by atoms with Gasteiger partial charge in [-0.05, 0) is 36.0 Å². The van der Waals surface area contributed by atoms with Crippen LogP contribution in [0.1, 0.15) is 10.4 Å². The maximum absolute atomic E-state index is 12.4. The molecule has 6 heteroatoms. The number of carbonyl (C=O) groups excluding carboxylic acids is 1. The van der Waals surface area contributed by atoms with Crippen LogP contribution in [0.25, 0.3) is 0 Å². The summed E-state index contributed by atoms with van der Waals surface area (Å²) in [4.78, 5) is 11.2. The van der Waals surface area contributed by atoms with E-state index in [1.165, 1.54) is 0 Å². The van der Waals surface area contributed by atoms with E-state index in [2.05, 4.69) is 0 Å². The van der Waals surface area contributed by atoms with Crippen molar-refractivity contribution in [1.82, 2.24) is 0 Å². The average Bonchev–Trinajstić information content (AvgIpc) is 2.14. The first-order valence-electron chi connectivity index (χ1n) is 3.88. The largest absolute Gasteiger partial charge is 0.442 e. The van der Waals surface area contributed by atoms with Gasteiger partial charge in [-0.25, -0.2) is 4.39 Å². The van der Waals surface area contributed by atoms with Gasteiger partial charge >= 0.3 is 5.51 Å². The molecule has 0 unspecified atom stereocenters. The lowest BCUT2D eigenvalue weighted by Crippen LogP contribution is -2.09. The second kappa shape index (κ2) is 4.65. The van der Waals surface area contributed by atoms with Crippen LogP contribution in [0.4, 0.5) is 17.6 Å². The molecule has 15 heavy (non-hydrogen) atoms. The Morgan fingerprint density at radius 2 is 1.73 bits per heavy atom. The quantitative estimate of drug-likeness (QED) is 0.594. The molecule has 0 bridgehead atoms. The number of thioether (sulfide) groups is 1. The van der Waals surface area contributed by atoms with E-state index in [0.29, 0.717) is 0 Å². The van der Waals surface area contributed by atoms with Gasteiger partial charge in [0.15, 0.2) is 5.78 Å². The van der Waals surface area contributed by atoms with E-state index in [0.717, 1.165) is 24.3 Å². The molecule has 1 aromatic rings. The zero-order valence-electron chi connectivity index (χ0n) is 7.34. The van der Waals surface area contributed by atoms with Crippen LogP contribution in [0.5, 0.6) is 0 Å². The predicted octanol–water partition coefficient (Wildman–Crippen LogP) is 3.26. The molecular formula is C9H6F4OS. The Hall–Kier alpha value is -1.04. The molecule has 1 aromatic carbocycles. The lowest BCUT2D eigenvalue weighted by Gasteiger charge is -2.04. The highest BCUT2D eigenvalue weighted by atomic mass is 32.2. The Labute approximate surface area is 87.5 Å². The maximum Gasteiger partial charge on any atom is 0.442 e. The number of hydrogen-bond donors (Lipinski definition) is 0. The molecule has 0 saturated heterocycles. The number of Topliss-reactive ketones (excluding diaryl/α,β-unsaturated/α-hetero) is 1. The van der Waals surface area contributed by atoms with E-state index in [1.807, 2.05) is 0 Å². The molecule has 0 saturated carbocycles. The summed E-state index contributed by atoms with van der Waals surface area (Å²) in [6, 6.07) is 4.39. The first-order chi connectivity index (χ1) is 6.88. The molecule has 0 N–H and O–H groups in total. The molecule has 1 rings (SSSR count). The zero-order chi connectivity index (χ0) is 11.5. The fourth-order valence-corrected chi connectivity index (χ4v) is 1.33. The summed E-state index contributed by atoms with van der Waals surface area (Å²) in [6.07, 6.45) is 0. The predicted molar refractivity (Wildman–Crippen MR) is 49.2 cm³/mol. The Morgan fingerprint density at radius 3 is 2.20 bits per heavy atom. The minimum Gasteiger partial charge on any atom is -0.293 e. The van der Waals surface area contributed by atoms with Crippen LogP contribution in [0.2, 0.25) is 0 Å². The molecule has 0 heterocycles. The van der Waals surface area contributed by atoms with Crippen LogP contribution in [0, 0.1) is 5.82 Å². The van der Waals surface area contributed by atoms with E-state index in [9.17, 15) is 22.4 Å². The summed E-state index contributed by atoms with van der Waals surface area (Å²) in [6.45, 7) is 0. The van der Waals surface area contributed by atoms with Crippen molar-refractivity contribution in [2.75, 3.05) is 5.75 Å². The number of hydrogen-bond acceptors (Lipinski definition) is 2. The highest BCUT2D eigenvalue weighted by Gasteiger charge is 2.29. The summed E-state index contributed by atoms with van der Waals surface area (Å²) in [5.74, 6) is -1.89. The van der Waals surface area contributed by atoms with Crippen LogP contribution in [0.3, 0.4) is 0 Å². The highest BCUT2D eigenvalue weighted by Crippen LogP contribution is 2.30. The Kier molecular flexibility index (Phi) is 3.73. The molecule has 0 aromatic heterocycles. The molecule has 82 valence electrons. The summed E-state index contributed by atoms with van der Waals surface area (Å²) >= 11 is -0.403. The van der Waals surface area contributed by atoms with Crippen molar-refractivity contribution < 1.29 is 22.4 Å². The van der Waals surface area contributed by atoms with E-state index < -0.39 is 34.6 Å². The van der Waals surface area contributed by atoms with Crippen molar-refractivity contribution in [3.63, 3.8) is 0 Å². The molecule has 0 aliphatic rings. The minimum atomic E-state index is -4.42. The molecule has 0 atom stereocenters. The SMILES string of the molecule is O=C(CSC(F)(F)F)c1ccc(F)cc1. The van der Waals surface area contributed by atoms with Gasteiger partial charge in [0.25, 0.3) is 0 Å². The topological polar surface area (TPSA) is 17.1 Å². The second-order valence-corrected chi connectivity index (χ2v) is 3.70. The molecular weight excluding hydrogens is 232 g/mol. The average molecular weight is 238 g/mol. The van der Waals surface area contributed by atoms with Gasteiger partial charge in [0, 0.05) is 5.56 Å². The van der Waals surface area contributed by atoms with Crippen molar-refractivity contribution in [3.05, 3.63) is 35.6 Å². The number of halogens is 4. The van der Waals surface area contributed by atoms with E-state index in [-0.39, 0.29) is 5.56 Å². The smallest absolute Gasteiger partial charge is 0.293 e. The van der Waals surface area contributed by atoms with E-state index >= 15 is 0 Å². The first-order valence-corrected chi connectivity index (χ1v) is 4.86. The summed E-state index contributed by atoms with van der Waals surface area (Å²) in [5.41, 5.74) is -4.34. The van der Waals surface area contributed by atoms with Crippen LogP contribution in [-0.4, -0.2) is 17.0 Å². The second-order valence-electron chi connectivity index (χ2n) is 2.66. The third-order valence-corrected chi connectivity index (χ3v) is 2.27. The van der Waals surface area contributed by atoms with Gasteiger partial charge in [-0.3, -0.25) is 4.79 Å². The van der Waals surface area contributed by atoms with Crippen molar-refractivity contribution in [2.24, 2.45) is 0 Å². The molecule has 0 fully saturated rings. The fourth-order valence-electron chi connectivity index (χ4n) is 0.866. The van der Waals surface area contributed by atoms with Gasteiger partial charge in [0.05, 0.1) is 5.75 Å². The molecule has 1 nitrogen and oxygen atoms in total. The van der Waals surface area contributed by atoms with Crippen LogP contribution >= 0.6 is 11.8 Å². The van der Waals surface area contributed by atoms with Crippen molar-refractivity contribution in [3.8, 4) is 0 Å². The highest BCUT2D eigenvalue weighted by molar-refractivity contribution is 8.00. The van der Waals surface area contributed by atoms with Gasteiger partial charge in [-0.15, -0.1) is 0 Å². The fraction of sp³-hybridized carbons (Fsp3) is 0.222. The monoisotopic (exact) mass is 238 g/mol.